The van der Waals surface area contributed by atoms with Crippen LogP contribution in [0.3, 0.4) is 0 Å². The first-order chi connectivity index (χ1) is 14.2. The molecule has 8 heteroatoms. The standard InChI is InChI=1S/C21H22FN5OS/c22-16-3-4-17-18(14-16)29-24-20(17)26-11-8-25(9-12-26)10-13-27-7-5-15-2-1-6-23-19(15)21(27)28/h1-4,6,14H,5,7-13H2. The highest BCUT2D eigenvalue weighted by Crippen LogP contribution is 2.30. The van der Waals surface area contributed by atoms with Gasteiger partial charge in [-0.15, -0.1) is 0 Å². The second-order valence-corrected chi connectivity index (χ2v) is 8.33. The summed E-state index contributed by atoms with van der Waals surface area (Å²) in [5.41, 5.74) is 1.66. The van der Waals surface area contributed by atoms with E-state index in [1.54, 1.807) is 12.3 Å². The minimum atomic E-state index is -0.220. The van der Waals surface area contributed by atoms with E-state index < -0.39 is 0 Å². The van der Waals surface area contributed by atoms with Crippen LogP contribution in [0.15, 0.2) is 36.5 Å². The predicted octanol–water partition coefficient (Wildman–Crippen LogP) is 2.65. The van der Waals surface area contributed by atoms with Crippen LogP contribution >= 0.6 is 11.5 Å². The Balaban J connectivity index is 1.17. The first-order valence-electron chi connectivity index (χ1n) is 9.94. The Morgan fingerprint density at radius 1 is 1.07 bits per heavy atom. The van der Waals surface area contributed by atoms with Gasteiger partial charge in [0.1, 0.15) is 17.3 Å². The number of nitrogens with zero attached hydrogens (tertiary/aromatic N) is 5. The molecule has 0 aliphatic carbocycles. The lowest BCUT2D eigenvalue weighted by molar-refractivity contribution is 0.0710. The summed E-state index contributed by atoms with van der Waals surface area (Å²) in [5, 5.41) is 1.02. The van der Waals surface area contributed by atoms with Gasteiger partial charge in [0, 0.05) is 57.4 Å². The van der Waals surface area contributed by atoms with Crippen molar-refractivity contribution in [2.24, 2.45) is 0 Å². The van der Waals surface area contributed by atoms with Crippen molar-refractivity contribution >= 4 is 33.3 Å². The third-order valence-corrected chi connectivity index (χ3v) is 6.60. The molecule has 2 aromatic heterocycles. The van der Waals surface area contributed by atoms with Crippen LogP contribution in [0.1, 0.15) is 16.1 Å². The first kappa shape index (κ1) is 18.4. The molecular formula is C21H22FN5OS. The maximum atomic E-state index is 13.4. The molecule has 29 heavy (non-hydrogen) atoms. The van der Waals surface area contributed by atoms with E-state index in [9.17, 15) is 9.18 Å². The molecule has 1 saturated heterocycles. The Bertz CT molecular complexity index is 1050. The molecule has 0 N–H and O–H groups in total. The van der Waals surface area contributed by atoms with Crippen molar-refractivity contribution in [3.05, 3.63) is 53.6 Å². The number of carbonyl (C=O) groups is 1. The molecule has 0 saturated carbocycles. The molecule has 4 heterocycles. The monoisotopic (exact) mass is 411 g/mol. The van der Waals surface area contributed by atoms with Gasteiger partial charge in [-0.1, -0.05) is 6.07 Å². The summed E-state index contributed by atoms with van der Waals surface area (Å²) in [6.07, 6.45) is 2.57. The quantitative estimate of drug-likeness (QED) is 0.661. The number of carbonyl (C=O) groups excluding carboxylic acids is 1. The summed E-state index contributed by atoms with van der Waals surface area (Å²) in [4.78, 5) is 23.5. The third kappa shape index (κ3) is 3.58. The van der Waals surface area contributed by atoms with Crippen LogP contribution in [0.5, 0.6) is 0 Å². The van der Waals surface area contributed by atoms with Crippen LogP contribution in [-0.4, -0.2) is 70.9 Å². The summed E-state index contributed by atoms with van der Waals surface area (Å²) in [6.45, 7) is 5.98. The molecule has 0 spiro atoms. The number of piperazine rings is 1. The molecule has 150 valence electrons. The molecule has 2 aliphatic rings. The van der Waals surface area contributed by atoms with Gasteiger partial charge in [-0.05, 0) is 47.8 Å². The minimum absolute atomic E-state index is 0.0478. The molecule has 0 radical (unpaired) electrons. The molecule has 0 atom stereocenters. The average molecular weight is 412 g/mol. The Labute approximate surface area is 172 Å². The van der Waals surface area contributed by atoms with Crippen LogP contribution in [0.2, 0.25) is 0 Å². The van der Waals surface area contributed by atoms with Crippen LogP contribution in [-0.2, 0) is 6.42 Å². The van der Waals surface area contributed by atoms with Crippen molar-refractivity contribution < 1.29 is 9.18 Å². The van der Waals surface area contributed by atoms with E-state index in [1.165, 1.54) is 17.6 Å². The lowest BCUT2D eigenvalue weighted by Crippen LogP contribution is -2.50. The molecule has 1 amide bonds. The molecule has 1 fully saturated rings. The van der Waals surface area contributed by atoms with Crippen molar-refractivity contribution in [2.45, 2.75) is 6.42 Å². The Morgan fingerprint density at radius 3 is 2.79 bits per heavy atom. The van der Waals surface area contributed by atoms with E-state index in [1.807, 2.05) is 23.1 Å². The normalized spacial score (nSPS) is 17.8. The molecule has 5 rings (SSSR count). The number of pyridine rings is 1. The van der Waals surface area contributed by atoms with Gasteiger partial charge in [-0.2, -0.15) is 4.37 Å². The van der Waals surface area contributed by atoms with Gasteiger partial charge >= 0.3 is 0 Å². The number of hydrogen-bond acceptors (Lipinski definition) is 6. The highest BCUT2D eigenvalue weighted by molar-refractivity contribution is 7.13. The smallest absolute Gasteiger partial charge is 0.272 e. The van der Waals surface area contributed by atoms with Gasteiger partial charge in [0.15, 0.2) is 0 Å². The molecule has 6 nitrogen and oxygen atoms in total. The van der Waals surface area contributed by atoms with Crippen molar-refractivity contribution in [2.75, 3.05) is 50.7 Å². The minimum Gasteiger partial charge on any atom is -0.353 e. The van der Waals surface area contributed by atoms with Crippen LogP contribution < -0.4 is 4.90 Å². The Morgan fingerprint density at radius 2 is 1.93 bits per heavy atom. The molecule has 3 aromatic rings. The van der Waals surface area contributed by atoms with E-state index in [2.05, 4.69) is 19.2 Å². The zero-order chi connectivity index (χ0) is 19.8. The van der Waals surface area contributed by atoms with Crippen molar-refractivity contribution in [3.63, 3.8) is 0 Å². The fourth-order valence-corrected chi connectivity index (χ4v) is 4.95. The van der Waals surface area contributed by atoms with Gasteiger partial charge in [0.2, 0.25) is 0 Å². The summed E-state index contributed by atoms with van der Waals surface area (Å²) in [6, 6.07) is 8.76. The molecular weight excluding hydrogens is 389 g/mol. The molecule has 0 unspecified atom stereocenters. The number of fused-ring (bicyclic) bond motifs is 2. The maximum absolute atomic E-state index is 13.4. The SMILES string of the molecule is O=C1c2ncccc2CCN1CCN1CCN(c2nsc3cc(F)ccc23)CC1. The Kier molecular flexibility index (Phi) is 4.89. The number of halogens is 1. The van der Waals surface area contributed by atoms with Crippen molar-refractivity contribution in [3.8, 4) is 0 Å². The van der Waals surface area contributed by atoms with Crippen LogP contribution in [0.4, 0.5) is 10.2 Å². The number of amides is 1. The number of aromatic nitrogens is 2. The zero-order valence-corrected chi connectivity index (χ0v) is 16.9. The van der Waals surface area contributed by atoms with Crippen molar-refractivity contribution in [1.82, 2.24) is 19.2 Å². The second kappa shape index (κ2) is 7.68. The van der Waals surface area contributed by atoms with E-state index in [0.29, 0.717) is 5.69 Å². The van der Waals surface area contributed by atoms with Gasteiger partial charge in [0.05, 0.1) is 4.70 Å². The number of hydrogen-bond donors (Lipinski definition) is 0. The van der Waals surface area contributed by atoms with Crippen LogP contribution in [0, 0.1) is 5.82 Å². The highest BCUT2D eigenvalue weighted by atomic mass is 32.1. The zero-order valence-electron chi connectivity index (χ0n) is 16.1. The summed E-state index contributed by atoms with van der Waals surface area (Å²) >= 11 is 1.35. The fraction of sp³-hybridized carbons (Fsp3) is 0.381. The lowest BCUT2D eigenvalue weighted by Gasteiger charge is -2.36. The fourth-order valence-electron chi connectivity index (χ4n) is 4.12. The average Bonchev–Trinajstić information content (AvgIpc) is 3.17. The van der Waals surface area contributed by atoms with Gasteiger partial charge in [-0.25, -0.2) is 4.39 Å². The van der Waals surface area contributed by atoms with E-state index >= 15 is 0 Å². The molecule has 0 bridgehead atoms. The number of benzene rings is 1. The van der Waals surface area contributed by atoms with Crippen molar-refractivity contribution in [1.29, 1.82) is 0 Å². The van der Waals surface area contributed by atoms with Gasteiger partial charge in [0.25, 0.3) is 5.91 Å². The van der Waals surface area contributed by atoms with E-state index in [4.69, 9.17) is 0 Å². The molecule has 2 aliphatic heterocycles. The number of rotatable bonds is 4. The second-order valence-electron chi connectivity index (χ2n) is 7.53. The van der Waals surface area contributed by atoms with Crippen LogP contribution in [0.25, 0.3) is 10.1 Å². The largest absolute Gasteiger partial charge is 0.353 e. The lowest BCUT2D eigenvalue weighted by atomic mass is 10.0. The summed E-state index contributed by atoms with van der Waals surface area (Å²) < 4.78 is 18.9. The first-order valence-corrected chi connectivity index (χ1v) is 10.7. The predicted molar refractivity (Wildman–Crippen MR) is 112 cm³/mol. The maximum Gasteiger partial charge on any atom is 0.272 e. The third-order valence-electron chi connectivity index (χ3n) is 5.81. The summed E-state index contributed by atoms with van der Waals surface area (Å²) in [7, 11) is 0. The van der Waals surface area contributed by atoms with E-state index in [-0.39, 0.29) is 11.7 Å². The summed E-state index contributed by atoms with van der Waals surface area (Å²) in [5.74, 6) is 0.785. The topological polar surface area (TPSA) is 52.6 Å². The van der Waals surface area contributed by atoms with E-state index in [0.717, 1.165) is 73.7 Å². The highest BCUT2D eigenvalue weighted by Gasteiger charge is 2.26. The number of anilines is 1. The Hall–Kier alpha value is -2.58. The molecule has 1 aromatic carbocycles. The van der Waals surface area contributed by atoms with Gasteiger partial charge in [-0.3, -0.25) is 14.7 Å². The van der Waals surface area contributed by atoms with Gasteiger partial charge < -0.3 is 9.80 Å².